The molecule has 0 amide bonds. The zero-order valence-corrected chi connectivity index (χ0v) is 7.72. The van der Waals surface area contributed by atoms with Crippen LogP contribution < -0.4 is 0 Å². The van der Waals surface area contributed by atoms with Crippen LogP contribution in [0.15, 0.2) is 12.2 Å². The van der Waals surface area contributed by atoms with Crippen molar-refractivity contribution in [3.8, 4) is 0 Å². The second kappa shape index (κ2) is 2.32. The van der Waals surface area contributed by atoms with Crippen molar-refractivity contribution in [2.75, 3.05) is 0 Å². The van der Waals surface area contributed by atoms with Gasteiger partial charge in [0.2, 0.25) is 0 Å². The first-order valence-corrected chi connectivity index (χ1v) is 4.01. The number of hydrogen-bond donors (Lipinski definition) is 0. The summed E-state index contributed by atoms with van der Waals surface area (Å²) in [6.45, 7) is 7.84. The summed E-state index contributed by atoms with van der Waals surface area (Å²) in [5.74, 6) is 0. The van der Waals surface area contributed by atoms with Crippen LogP contribution in [0.1, 0.15) is 34.1 Å². The van der Waals surface area contributed by atoms with Crippen LogP contribution in [0.2, 0.25) is 0 Å². The van der Waals surface area contributed by atoms with Gasteiger partial charge in [0.25, 0.3) is 0 Å². The van der Waals surface area contributed by atoms with Gasteiger partial charge in [-0.3, -0.25) is 0 Å². The molecule has 0 saturated carbocycles. The molecule has 0 spiro atoms. The molecule has 2 heteroatoms. The minimum atomic E-state index is -0.332. The molecule has 1 aliphatic rings. The molecule has 2 nitrogen and oxygen atoms in total. The smallest absolute Gasteiger partial charge is 0.0623 e. The Hall–Kier alpha value is -0.340. The normalized spacial score (nSPS) is 28.8. The molecule has 0 atom stereocenters. The standard InChI is InChI=1S/C9H16NO/c1-8(2)6-5-7-9(3,4)10(8)11/h5-6H,7H2,1-4H3. The van der Waals surface area contributed by atoms with E-state index in [4.69, 9.17) is 0 Å². The summed E-state index contributed by atoms with van der Waals surface area (Å²) < 4.78 is 0. The lowest BCUT2D eigenvalue weighted by Crippen LogP contribution is -2.53. The average Bonchev–Trinajstić information content (AvgIpc) is 1.82. The molecule has 0 N–H and O–H groups in total. The van der Waals surface area contributed by atoms with Crippen LogP contribution >= 0.6 is 0 Å². The Kier molecular flexibility index (Phi) is 1.85. The molecule has 11 heavy (non-hydrogen) atoms. The molecule has 1 radical (unpaired) electrons. The van der Waals surface area contributed by atoms with Crippen molar-refractivity contribution in [2.24, 2.45) is 0 Å². The highest BCUT2D eigenvalue weighted by Gasteiger charge is 2.38. The van der Waals surface area contributed by atoms with Crippen LogP contribution in [0.25, 0.3) is 0 Å². The minimum absolute atomic E-state index is 0.238. The fourth-order valence-corrected chi connectivity index (χ4v) is 1.57. The molecule has 0 aliphatic carbocycles. The summed E-state index contributed by atoms with van der Waals surface area (Å²) in [4.78, 5) is 0. The van der Waals surface area contributed by atoms with Crippen LogP contribution in [0, 0.1) is 0 Å². The lowest BCUT2D eigenvalue weighted by Gasteiger charge is -2.43. The molecule has 0 saturated heterocycles. The predicted molar refractivity (Wildman–Crippen MR) is 44.4 cm³/mol. The molecule has 0 fully saturated rings. The van der Waals surface area contributed by atoms with Crippen molar-refractivity contribution < 1.29 is 5.21 Å². The van der Waals surface area contributed by atoms with Gasteiger partial charge in [-0.05, 0) is 34.1 Å². The maximum atomic E-state index is 11.6. The zero-order chi connectivity index (χ0) is 8.70. The number of hydrogen-bond acceptors (Lipinski definition) is 1. The largest absolute Gasteiger partial charge is 0.140 e. The summed E-state index contributed by atoms with van der Waals surface area (Å²) >= 11 is 0. The summed E-state index contributed by atoms with van der Waals surface area (Å²) in [6, 6.07) is 0. The maximum Gasteiger partial charge on any atom is 0.0623 e. The molecule has 1 heterocycles. The van der Waals surface area contributed by atoms with Crippen LogP contribution in [-0.2, 0) is 5.21 Å². The van der Waals surface area contributed by atoms with Crippen LogP contribution in [0.4, 0.5) is 0 Å². The van der Waals surface area contributed by atoms with Gasteiger partial charge < -0.3 is 0 Å². The SMILES string of the molecule is CC1(C)C=CCC(C)(C)N1[O]. The van der Waals surface area contributed by atoms with E-state index in [-0.39, 0.29) is 11.1 Å². The number of hydroxylamine groups is 2. The van der Waals surface area contributed by atoms with Gasteiger partial charge in [-0.1, -0.05) is 12.2 Å². The molecule has 0 aromatic heterocycles. The van der Waals surface area contributed by atoms with E-state index in [0.29, 0.717) is 0 Å². The van der Waals surface area contributed by atoms with Crippen molar-refractivity contribution in [3.63, 3.8) is 0 Å². The van der Waals surface area contributed by atoms with Crippen molar-refractivity contribution in [3.05, 3.63) is 12.2 Å². The van der Waals surface area contributed by atoms with Gasteiger partial charge in [-0.2, -0.15) is 0 Å². The first-order chi connectivity index (χ1) is 4.86. The highest BCUT2D eigenvalue weighted by molar-refractivity contribution is 5.10. The molecule has 0 aromatic rings. The molecule has 0 bridgehead atoms. The van der Waals surface area contributed by atoms with E-state index < -0.39 is 0 Å². The topological polar surface area (TPSA) is 23.1 Å². The fraction of sp³-hybridized carbons (Fsp3) is 0.778. The third-order valence-corrected chi connectivity index (χ3v) is 2.22. The molecular formula is C9H16NO. The predicted octanol–water partition coefficient (Wildman–Crippen LogP) is 2.15. The number of rotatable bonds is 0. The monoisotopic (exact) mass is 154 g/mol. The van der Waals surface area contributed by atoms with Gasteiger partial charge in [0.15, 0.2) is 0 Å². The summed E-state index contributed by atoms with van der Waals surface area (Å²) in [6.07, 6.45) is 4.92. The zero-order valence-electron chi connectivity index (χ0n) is 7.72. The second-order valence-corrected chi connectivity index (χ2v) is 4.37. The van der Waals surface area contributed by atoms with Crippen molar-refractivity contribution in [1.82, 2.24) is 5.06 Å². The first-order valence-electron chi connectivity index (χ1n) is 4.01. The van der Waals surface area contributed by atoms with Gasteiger partial charge >= 0.3 is 0 Å². The summed E-state index contributed by atoms with van der Waals surface area (Å²) in [7, 11) is 0. The Morgan fingerprint density at radius 2 is 1.82 bits per heavy atom. The Labute approximate surface area is 68.5 Å². The van der Waals surface area contributed by atoms with Gasteiger partial charge in [-0.25, -0.2) is 0 Å². The lowest BCUT2D eigenvalue weighted by atomic mass is 9.88. The Morgan fingerprint density at radius 1 is 1.27 bits per heavy atom. The Morgan fingerprint density at radius 3 is 2.18 bits per heavy atom. The molecule has 0 aromatic carbocycles. The third-order valence-electron chi connectivity index (χ3n) is 2.22. The summed E-state index contributed by atoms with van der Waals surface area (Å²) in [5.41, 5.74) is -0.569. The minimum Gasteiger partial charge on any atom is -0.140 e. The van der Waals surface area contributed by atoms with E-state index >= 15 is 0 Å². The summed E-state index contributed by atoms with van der Waals surface area (Å²) in [5, 5.41) is 12.8. The first kappa shape index (κ1) is 8.75. The highest BCUT2D eigenvalue weighted by atomic mass is 16.5. The van der Waals surface area contributed by atoms with E-state index in [9.17, 15) is 5.21 Å². The quantitative estimate of drug-likeness (QED) is 0.490. The third kappa shape index (κ3) is 1.47. The van der Waals surface area contributed by atoms with Gasteiger partial charge in [0, 0.05) is 5.54 Å². The number of nitrogens with zero attached hydrogens (tertiary/aromatic N) is 1. The molecular weight excluding hydrogens is 138 g/mol. The van der Waals surface area contributed by atoms with Gasteiger partial charge in [0.1, 0.15) is 0 Å². The van der Waals surface area contributed by atoms with Crippen molar-refractivity contribution >= 4 is 0 Å². The second-order valence-electron chi connectivity index (χ2n) is 4.37. The van der Waals surface area contributed by atoms with E-state index in [2.05, 4.69) is 6.08 Å². The van der Waals surface area contributed by atoms with E-state index in [1.165, 1.54) is 5.06 Å². The molecule has 1 aliphatic heterocycles. The van der Waals surface area contributed by atoms with E-state index in [1.54, 1.807) is 0 Å². The van der Waals surface area contributed by atoms with Crippen LogP contribution in [0.3, 0.4) is 0 Å². The lowest BCUT2D eigenvalue weighted by molar-refractivity contribution is -0.262. The Balaban J connectivity index is 2.91. The van der Waals surface area contributed by atoms with E-state index in [1.807, 2.05) is 33.8 Å². The van der Waals surface area contributed by atoms with Crippen molar-refractivity contribution in [1.29, 1.82) is 0 Å². The average molecular weight is 154 g/mol. The van der Waals surface area contributed by atoms with Crippen LogP contribution in [0.5, 0.6) is 0 Å². The Bertz CT molecular complexity index is 182. The van der Waals surface area contributed by atoms with Crippen molar-refractivity contribution in [2.45, 2.75) is 45.2 Å². The fourth-order valence-electron chi connectivity index (χ4n) is 1.57. The molecule has 63 valence electrons. The van der Waals surface area contributed by atoms with Gasteiger partial charge in [0.05, 0.1) is 5.54 Å². The molecule has 0 unspecified atom stereocenters. The van der Waals surface area contributed by atoms with E-state index in [0.717, 1.165) is 6.42 Å². The van der Waals surface area contributed by atoms with Gasteiger partial charge in [-0.15, -0.1) is 10.3 Å². The van der Waals surface area contributed by atoms with Crippen LogP contribution in [-0.4, -0.2) is 16.1 Å². The highest BCUT2D eigenvalue weighted by Crippen LogP contribution is 2.31. The molecule has 1 rings (SSSR count). The maximum absolute atomic E-state index is 11.6.